The van der Waals surface area contributed by atoms with E-state index in [0.717, 1.165) is 0 Å². The van der Waals surface area contributed by atoms with E-state index in [1.54, 1.807) is 77.1 Å². The number of carboxylic acids is 3. The van der Waals surface area contributed by atoms with Gasteiger partial charge in [-0.25, -0.2) is 0 Å². The molecule has 0 bridgehead atoms. The van der Waals surface area contributed by atoms with Gasteiger partial charge < -0.3 is 29.7 Å². The standard InChI is InChI=1S/3C7H6O2.C4H9.Sn/c3*8-7(9)6-4-2-1-3-5-6;1-3-4-2;/h3*1-5H,(H,8,9);1,3-4H2,2H3;/q;;;;+3/p-3. The van der Waals surface area contributed by atoms with Crippen molar-refractivity contribution in [2.24, 2.45) is 0 Å². The SMILES string of the molecule is CCC[CH2][Sn+3].O=C([O-])c1ccccc1.O=C([O-])c1ccccc1.O=C([O-])c1ccccc1. The van der Waals surface area contributed by atoms with E-state index in [4.69, 9.17) is 0 Å². The van der Waals surface area contributed by atoms with Crippen LogP contribution in [0.25, 0.3) is 0 Å². The van der Waals surface area contributed by atoms with Gasteiger partial charge in [-0.2, -0.15) is 0 Å². The Kier molecular flexibility index (Phi) is 16.8. The fraction of sp³-hybridized carbons (Fsp3) is 0.160. The molecule has 6 nitrogen and oxygen atoms in total. The van der Waals surface area contributed by atoms with Gasteiger partial charge >= 0.3 is 46.7 Å². The maximum Gasteiger partial charge on any atom is 0.0715 e. The van der Waals surface area contributed by atoms with Crippen LogP contribution < -0.4 is 15.3 Å². The van der Waals surface area contributed by atoms with E-state index < -0.39 is 17.9 Å². The number of carbonyl (C=O) groups excluding carboxylic acids is 3. The summed E-state index contributed by atoms with van der Waals surface area (Å²) in [4.78, 5) is 30.3. The Morgan fingerprint density at radius 2 is 0.844 bits per heavy atom. The van der Waals surface area contributed by atoms with Crippen LogP contribution >= 0.6 is 0 Å². The molecule has 0 heterocycles. The molecule has 0 aliphatic rings. The van der Waals surface area contributed by atoms with E-state index in [0.29, 0.717) is 0 Å². The maximum absolute atomic E-state index is 10.1. The fourth-order valence-electron chi connectivity index (χ4n) is 1.90. The van der Waals surface area contributed by atoms with Gasteiger partial charge in [0.2, 0.25) is 0 Å². The molecule has 3 aromatic rings. The number of carbonyl (C=O) groups is 3. The second-order valence-electron chi connectivity index (χ2n) is 6.06. The summed E-state index contributed by atoms with van der Waals surface area (Å²) in [5.74, 6) is -3.39. The molecule has 0 fully saturated rings. The Morgan fingerprint density at radius 3 is 0.938 bits per heavy atom. The summed E-state index contributed by atoms with van der Waals surface area (Å²) in [7, 11) is 0. The van der Waals surface area contributed by atoms with Crippen molar-refractivity contribution in [1.29, 1.82) is 0 Å². The molecule has 0 amide bonds. The molecule has 0 aliphatic carbocycles. The number of carboxylic acid groups (broad SMARTS) is 3. The van der Waals surface area contributed by atoms with Crippen molar-refractivity contribution in [2.75, 3.05) is 0 Å². The molecule has 7 heteroatoms. The average molecular weight is 539 g/mol. The predicted molar refractivity (Wildman–Crippen MR) is 118 cm³/mol. The number of hydrogen-bond acceptors (Lipinski definition) is 6. The normalized spacial score (nSPS) is 8.84. The maximum atomic E-state index is 10.1. The molecule has 0 unspecified atom stereocenters. The largest absolute Gasteiger partial charge is 0.545 e. The molecule has 0 saturated carbocycles. The average Bonchev–Trinajstić information content (AvgIpc) is 2.82. The molecule has 0 saturated heterocycles. The Labute approximate surface area is 201 Å². The molecule has 0 N–H and O–H groups in total. The third kappa shape index (κ3) is 14.8. The first kappa shape index (κ1) is 28.9. The third-order valence-corrected chi connectivity index (χ3v) is 4.57. The number of hydrogen-bond donors (Lipinski definition) is 0. The summed E-state index contributed by atoms with van der Waals surface area (Å²) in [6.07, 6.45) is 2.80. The summed E-state index contributed by atoms with van der Waals surface area (Å²) in [6, 6.07) is 24.2. The van der Waals surface area contributed by atoms with Crippen molar-refractivity contribution in [3.05, 3.63) is 108 Å². The van der Waals surface area contributed by atoms with Crippen LogP contribution in [0.1, 0.15) is 50.8 Å². The summed E-state index contributed by atoms with van der Waals surface area (Å²) in [6.45, 7) is 2.23. The summed E-state index contributed by atoms with van der Waals surface area (Å²) < 4.78 is 1.43. The Morgan fingerprint density at radius 1 is 0.594 bits per heavy atom. The van der Waals surface area contributed by atoms with Crippen LogP contribution in [-0.2, 0) is 0 Å². The van der Waals surface area contributed by atoms with Crippen LogP contribution in [0.3, 0.4) is 0 Å². The van der Waals surface area contributed by atoms with Crippen LogP contribution in [0.4, 0.5) is 0 Å². The molecule has 0 spiro atoms. The predicted octanol–water partition coefficient (Wildman–Crippen LogP) is 1.52. The summed E-state index contributed by atoms with van der Waals surface area (Å²) in [5.41, 5.74) is 0.660. The van der Waals surface area contributed by atoms with Crippen LogP contribution in [0.15, 0.2) is 91.0 Å². The zero-order valence-electron chi connectivity index (χ0n) is 17.7. The zero-order valence-corrected chi connectivity index (χ0v) is 20.6. The van der Waals surface area contributed by atoms with Crippen molar-refractivity contribution in [1.82, 2.24) is 0 Å². The van der Waals surface area contributed by atoms with E-state index in [2.05, 4.69) is 6.92 Å². The van der Waals surface area contributed by atoms with E-state index in [9.17, 15) is 29.7 Å². The first-order chi connectivity index (χ1) is 15.3. The smallest absolute Gasteiger partial charge is 0.0715 e. The Bertz CT molecular complexity index is 780. The van der Waals surface area contributed by atoms with Crippen molar-refractivity contribution in [2.45, 2.75) is 24.2 Å². The minimum Gasteiger partial charge on any atom is -0.545 e. The molecule has 164 valence electrons. The quantitative estimate of drug-likeness (QED) is 0.454. The molecule has 0 atom stereocenters. The first-order valence-electron chi connectivity index (χ1n) is 9.77. The van der Waals surface area contributed by atoms with Crippen LogP contribution in [-0.4, -0.2) is 40.4 Å². The Hall–Kier alpha value is -3.13. The monoisotopic (exact) mass is 540 g/mol. The zero-order chi connectivity index (χ0) is 24.2. The molecule has 3 aromatic carbocycles. The summed E-state index contributed by atoms with van der Waals surface area (Å²) >= 11 is 1.68. The van der Waals surface area contributed by atoms with Gasteiger partial charge in [-0.3, -0.25) is 0 Å². The van der Waals surface area contributed by atoms with Gasteiger partial charge in [0.15, 0.2) is 0 Å². The molecule has 0 aliphatic heterocycles. The van der Waals surface area contributed by atoms with Gasteiger partial charge in [0.25, 0.3) is 0 Å². The number of aromatic carboxylic acids is 3. The molecule has 32 heavy (non-hydrogen) atoms. The van der Waals surface area contributed by atoms with Gasteiger partial charge in [-0.1, -0.05) is 91.0 Å². The third-order valence-electron chi connectivity index (χ3n) is 3.56. The van der Waals surface area contributed by atoms with E-state index in [-0.39, 0.29) is 16.7 Å². The van der Waals surface area contributed by atoms with Gasteiger partial charge in [-0.15, -0.1) is 0 Å². The van der Waals surface area contributed by atoms with Crippen molar-refractivity contribution in [3.63, 3.8) is 0 Å². The molecule has 0 aromatic heterocycles. The van der Waals surface area contributed by atoms with E-state index in [1.165, 1.54) is 53.7 Å². The summed E-state index contributed by atoms with van der Waals surface area (Å²) in [5, 5.41) is 30.3. The second-order valence-corrected chi connectivity index (χ2v) is 7.49. The number of rotatable bonds is 5. The van der Waals surface area contributed by atoms with E-state index in [1.807, 2.05) is 0 Å². The van der Waals surface area contributed by atoms with Crippen LogP contribution in [0.5, 0.6) is 0 Å². The second kappa shape index (κ2) is 18.6. The van der Waals surface area contributed by atoms with Crippen molar-refractivity contribution in [3.8, 4) is 0 Å². The minimum atomic E-state index is -1.13. The van der Waals surface area contributed by atoms with Gasteiger partial charge in [0, 0.05) is 0 Å². The van der Waals surface area contributed by atoms with Gasteiger partial charge in [-0.05, 0) is 16.7 Å². The Balaban J connectivity index is 0.000000410. The van der Waals surface area contributed by atoms with E-state index >= 15 is 0 Å². The fourth-order valence-corrected chi connectivity index (χ4v) is 2.91. The van der Waals surface area contributed by atoms with Gasteiger partial charge in [0.1, 0.15) is 0 Å². The number of unbranched alkanes of at least 4 members (excludes halogenated alkanes) is 1. The molecular weight excluding hydrogens is 515 g/mol. The first-order valence-corrected chi connectivity index (χ1v) is 11.8. The minimum absolute atomic E-state index is 0.220. The number of benzene rings is 3. The van der Waals surface area contributed by atoms with Gasteiger partial charge in [0.05, 0.1) is 17.9 Å². The molecule has 3 rings (SSSR count). The molecule has 0 radical (unpaired) electrons. The molecular formula is C25H24O6Sn. The topological polar surface area (TPSA) is 120 Å². The van der Waals surface area contributed by atoms with Crippen LogP contribution in [0.2, 0.25) is 4.44 Å². The van der Waals surface area contributed by atoms with Crippen LogP contribution in [0, 0.1) is 0 Å². The van der Waals surface area contributed by atoms with Crippen molar-refractivity contribution >= 4 is 40.4 Å². The van der Waals surface area contributed by atoms with Crippen molar-refractivity contribution < 1.29 is 29.7 Å².